The molecule has 3 aliphatic heterocycles. The number of ether oxygens (including phenoxy) is 4. The van der Waals surface area contributed by atoms with E-state index in [-0.39, 0.29) is 61.8 Å². The predicted octanol–water partition coefficient (Wildman–Crippen LogP) is 4.65. The average molecular weight is 686 g/mol. The van der Waals surface area contributed by atoms with Crippen LogP contribution in [0, 0.1) is 5.82 Å². The number of carbonyl (C=O) groups excluding carboxylic acids is 3. The lowest BCUT2D eigenvalue weighted by Gasteiger charge is -2.40. The predicted molar refractivity (Wildman–Crippen MR) is 181 cm³/mol. The van der Waals surface area contributed by atoms with Crippen molar-refractivity contribution in [3.8, 4) is 28.7 Å². The molecular weight excluding hydrogens is 645 g/mol. The summed E-state index contributed by atoms with van der Waals surface area (Å²) in [4.78, 5) is 46.2. The number of nitrogens with one attached hydrogen (secondary N) is 2. The van der Waals surface area contributed by atoms with E-state index in [1.807, 2.05) is 17.7 Å². The van der Waals surface area contributed by atoms with Crippen LogP contribution in [0.15, 0.2) is 73.1 Å². The van der Waals surface area contributed by atoms with Crippen LogP contribution in [0.3, 0.4) is 0 Å². The number of fused-ring (bicyclic) bond motifs is 8. The molecule has 0 unspecified atom stereocenters. The molecule has 1 fully saturated rings. The SMILES string of the molecule is CCc1nccn1CCC(=O)N1CCC2(CC1)Oc1ccc(cc1)OCCNC(=O)c1ccc(OC)c(c1)Oc1cc(F)cc(c1)CNC2=O. The van der Waals surface area contributed by atoms with Gasteiger partial charge in [-0.1, -0.05) is 6.92 Å². The summed E-state index contributed by atoms with van der Waals surface area (Å²) >= 11 is 0. The molecule has 3 amide bonds. The highest BCUT2D eigenvalue weighted by Gasteiger charge is 2.44. The first kappa shape index (κ1) is 34.3. The molecule has 1 saturated heterocycles. The van der Waals surface area contributed by atoms with E-state index in [9.17, 15) is 18.8 Å². The van der Waals surface area contributed by atoms with Crippen LogP contribution in [-0.2, 0) is 29.1 Å². The standard InChI is InChI=1S/C37H40FN5O7/c1-3-33-39-13-18-42(33)15-10-34(44)43-16-11-37(12-17-43)36(46)41-24-25-20-27(38)23-30(21-25)49-32-22-26(4-9-31(32)47-2)35(45)40-14-19-48-28-5-7-29(50-37)8-6-28/h4-9,13,18,20-23H,3,10-12,14-17,19,24H2,1-2H3,(H,40,45)(H,41,46). The number of hydrogen-bond donors (Lipinski definition) is 2. The van der Waals surface area contributed by atoms with Crippen molar-refractivity contribution >= 4 is 17.7 Å². The van der Waals surface area contributed by atoms with E-state index in [0.717, 1.165) is 12.2 Å². The monoisotopic (exact) mass is 685 g/mol. The van der Waals surface area contributed by atoms with E-state index in [2.05, 4.69) is 15.6 Å². The number of piperidine rings is 1. The third-order valence-electron chi connectivity index (χ3n) is 8.85. The molecule has 13 heteroatoms. The van der Waals surface area contributed by atoms with Crippen molar-refractivity contribution < 1.29 is 37.7 Å². The fraction of sp³-hybridized carbons (Fsp3) is 0.351. The molecule has 4 heterocycles. The molecule has 0 radical (unpaired) electrons. The summed E-state index contributed by atoms with van der Waals surface area (Å²) in [5, 5.41) is 5.75. The van der Waals surface area contributed by atoms with Gasteiger partial charge in [-0.2, -0.15) is 0 Å². The highest BCUT2D eigenvalue weighted by atomic mass is 19.1. The summed E-state index contributed by atoms with van der Waals surface area (Å²) in [6.07, 6.45) is 5.20. The third-order valence-corrected chi connectivity index (χ3v) is 8.85. The largest absolute Gasteiger partial charge is 0.493 e. The van der Waals surface area contributed by atoms with Crippen LogP contribution >= 0.6 is 0 Å². The van der Waals surface area contributed by atoms with Gasteiger partial charge in [0.25, 0.3) is 11.8 Å². The number of nitrogens with zero attached hydrogens (tertiary/aromatic N) is 3. The van der Waals surface area contributed by atoms with E-state index in [1.165, 1.54) is 25.3 Å². The van der Waals surface area contributed by atoms with Gasteiger partial charge in [-0.25, -0.2) is 9.37 Å². The number of carbonyl (C=O) groups is 3. The molecule has 262 valence electrons. The van der Waals surface area contributed by atoms with Crippen LogP contribution in [-0.4, -0.2) is 71.1 Å². The smallest absolute Gasteiger partial charge is 0.264 e. The van der Waals surface area contributed by atoms with Gasteiger partial charge in [-0.15, -0.1) is 0 Å². The second-order valence-electron chi connectivity index (χ2n) is 12.1. The second kappa shape index (κ2) is 15.3. The first-order valence-electron chi connectivity index (χ1n) is 16.7. The van der Waals surface area contributed by atoms with E-state index in [1.54, 1.807) is 53.6 Å². The lowest BCUT2D eigenvalue weighted by molar-refractivity contribution is -0.146. The molecule has 7 rings (SSSR count). The van der Waals surface area contributed by atoms with Crippen LogP contribution in [0.1, 0.15) is 47.9 Å². The number of aromatic nitrogens is 2. The Hall–Kier alpha value is -5.59. The van der Waals surface area contributed by atoms with E-state index < -0.39 is 11.4 Å². The average Bonchev–Trinajstić information content (AvgIpc) is 3.59. The van der Waals surface area contributed by atoms with E-state index in [0.29, 0.717) is 54.4 Å². The first-order valence-corrected chi connectivity index (χ1v) is 16.7. The maximum Gasteiger partial charge on any atom is 0.264 e. The Bertz CT molecular complexity index is 1840. The molecule has 4 aromatic rings. The lowest BCUT2D eigenvalue weighted by atomic mass is 9.89. The minimum atomic E-state index is -1.29. The van der Waals surface area contributed by atoms with Gasteiger partial charge < -0.3 is 39.0 Å². The van der Waals surface area contributed by atoms with Crippen molar-refractivity contribution in [2.24, 2.45) is 0 Å². The summed E-state index contributed by atoms with van der Waals surface area (Å²) in [6, 6.07) is 15.7. The molecule has 3 aliphatic rings. The topological polar surface area (TPSA) is 133 Å². The van der Waals surface area contributed by atoms with Gasteiger partial charge in [0, 0.05) is 75.9 Å². The zero-order valence-corrected chi connectivity index (χ0v) is 28.1. The van der Waals surface area contributed by atoms with Gasteiger partial charge in [-0.3, -0.25) is 14.4 Å². The van der Waals surface area contributed by atoms with Crippen molar-refractivity contribution in [3.63, 3.8) is 0 Å². The zero-order chi connectivity index (χ0) is 35.1. The van der Waals surface area contributed by atoms with Crippen LogP contribution in [0.5, 0.6) is 28.7 Å². The van der Waals surface area contributed by atoms with Crippen molar-refractivity contribution in [2.75, 3.05) is 33.4 Å². The summed E-state index contributed by atoms with van der Waals surface area (Å²) in [5.41, 5.74) is -0.524. The van der Waals surface area contributed by atoms with Crippen molar-refractivity contribution in [3.05, 3.63) is 95.8 Å². The normalized spacial score (nSPS) is 16.3. The molecule has 0 aliphatic carbocycles. The maximum atomic E-state index is 14.9. The number of halogens is 1. The molecule has 3 aromatic carbocycles. The molecule has 0 saturated carbocycles. The molecule has 0 atom stereocenters. The number of amides is 3. The number of hydrogen-bond acceptors (Lipinski definition) is 8. The highest BCUT2D eigenvalue weighted by molar-refractivity contribution is 5.95. The molecule has 1 aromatic heterocycles. The maximum absolute atomic E-state index is 14.9. The summed E-state index contributed by atoms with van der Waals surface area (Å²) in [5.74, 6) is 1.35. The molecule has 2 N–H and O–H groups in total. The van der Waals surface area contributed by atoms with Crippen LogP contribution < -0.4 is 29.6 Å². The third kappa shape index (κ3) is 7.99. The lowest BCUT2D eigenvalue weighted by Crippen LogP contribution is -2.58. The molecule has 50 heavy (non-hydrogen) atoms. The Kier molecular flexibility index (Phi) is 10.5. The Morgan fingerprint density at radius 2 is 1.78 bits per heavy atom. The zero-order valence-electron chi connectivity index (χ0n) is 28.1. The Labute approximate surface area is 289 Å². The number of aryl methyl sites for hydroxylation is 2. The summed E-state index contributed by atoms with van der Waals surface area (Å²) < 4.78 is 40.5. The molecular formula is C37H40FN5O7. The van der Waals surface area contributed by atoms with Gasteiger partial charge in [0.05, 0.1) is 13.7 Å². The van der Waals surface area contributed by atoms with Gasteiger partial charge in [0.15, 0.2) is 17.1 Å². The van der Waals surface area contributed by atoms with Crippen LogP contribution in [0.2, 0.25) is 0 Å². The Morgan fingerprint density at radius 1 is 1.00 bits per heavy atom. The van der Waals surface area contributed by atoms with E-state index in [4.69, 9.17) is 18.9 Å². The van der Waals surface area contributed by atoms with Gasteiger partial charge in [0.1, 0.15) is 35.5 Å². The Morgan fingerprint density at radius 3 is 2.54 bits per heavy atom. The fourth-order valence-electron chi connectivity index (χ4n) is 6.14. The second-order valence-corrected chi connectivity index (χ2v) is 12.1. The van der Waals surface area contributed by atoms with Crippen molar-refractivity contribution in [1.82, 2.24) is 25.1 Å². The number of imidazole rings is 1. The minimum Gasteiger partial charge on any atom is -0.493 e. The summed E-state index contributed by atoms with van der Waals surface area (Å²) in [6.45, 7) is 3.61. The Balaban J connectivity index is 1.23. The number of likely N-dealkylation sites (tertiary alicyclic amines) is 1. The van der Waals surface area contributed by atoms with Crippen LogP contribution in [0.25, 0.3) is 0 Å². The fourth-order valence-corrected chi connectivity index (χ4v) is 6.14. The number of benzene rings is 3. The molecule has 1 spiro atoms. The van der Waals surface area contributed by atoms with Gasteiger partial charge in [-0.05, 0) is 60.2 Å². The van der Waals surface area contributed by atoms with Crippen molar-refractivity contribution in [1.29, 1.82) is 0 Å². The van der Waals surface area contributed by atoms with E-state index >= 15 is 0 Å². The van der Waals surface area contributed by atoms with Gasteiger partial charge in [0.2, 0.25) is 5.91 Å². The highest BCUT2D eigenvalue weighted by Crippen LogP contribution is 2.34. The minimum absolute atomic E-state index is 0.00845. The number of methoxy groups -OCH3 is 1. The quantitative estimate of drug-likeness (QED) is 0.310. The van der Waals surface area contributed by atoms with Gasteiger partial charge >= 0.3 is 0 Å². The molecule has 12 nitrogen and oxygen atoms in total. The van der Waals surface area contributed by atoms with Crippen LogP contribution in [0.4, 0.5) is 4.39 Å². The number of rotatable bonds is 5. The molecule has 6 bridgehead atoms. The summed E-state index contributed by atoms with van der Waals surface area (Å²) in [7, 11) is 1.46. The van der Waals surface area contributed by atoms with Crippen molar-refractivity contribution in [2.45, 2.75) is 51.3 Å². The first-order chi connectivity index (χ1) is 24.2.